The Morgan fingerprint density at radius 2 is 1.52 bits per heavy atom. The van der Waals surface area contributed by atoms with Gasteiger partial charge in [-0.1, -0.05) is 29.8 Å². The molecule has 2 aromatic carbocycles. The average Bonchev–Trinajstić information content (AvgIpc) is 2.74. The minimum absolute atomic E-state index is 0.231. The molecule has 2 N–H and O–H groups in total. The summed E-state index contributed by atoms with van der Waals surface area (Å²) in [6, 6.07) is 14.3. The van der Waals surface area contributed by atoms with Gasteiger partial charge in [-0.2, -0.15) is 0 Å². The third-order valence-corrected chi connectivity index (χ3v) is 5.06. The first kappa shape index (κ1) is 20.8. The van der Waals surface area contributed by atoms with Crippen LogP contribution in [-0.4, -0.2) is 56.0 Å². The van der Waals surface area contributed by atoms with Crippen molar-refractivity contribution in [3.63, 3.8) is 0 Å². The summed E-state index contributed by atoms with van der Waals surface area (Å²) in [7, 11) is 0. The zero-order valence-corrected chi connectivity index (χ0v) is 16.7. The van der Waals surface area contributed by atoms with Gasteiger partial charge in [0.2, 0.25) is 0 Å². The molecule has 0 bridgehead atoms. The van der Waals surface area contributed by atoms with Crippen LogP contribution in [0.25, 0.3) is 0 Å². The molecular weight excluding hydrogens is 371 g/mol. The largest absolute Gasteiger partial charge is 0.369 e. The molecular formula is C22H27FN4O2. The van der Waals surface area contributed by atoms with Crippen molar-refractivity contribution in [3.05, 3.63) is 65.5 Å². The van der Waals surface area contributed by atoms with Gasteiger partial charge < -0.3 is 15.5 Å². The van der Waals surface area contributed by atoms with Crippen LogP contribution in [0.5, 0.6) is 0 Å². The van der Waals surface area contributed by atoms with Gasteiger partial charge in [0.05, 0.1) is 0 Å². The lowest BCUT2D eigenvalue weighted by Crippen LogP contribution is -2.49. The molecule has 1 saturated heterocycles. The molecule has 7 heteroatoms. The monoisotopic (exact) mass is 398 g/mol. The van der Waals surface area contributed by atoms with E-state index in [0.717, 1.165) is 43.0 Å². The summed E-state index contributed by atoms with van der Waals surface area (Å²) in [5, 5.41) is 5.31. The number of amides is 2. The van der Waals surface area contributed by atoms with Gasteiger partial charge in [0, 0.05) is 51.5 Å². The standard InChI is InChI=1S/C22H27FN4O2/c1-17-2-4-18(5-3-17)16-25-22(29)21(28)24-10-11-26-12-14-27(15-13-26)20-8-6-19(23)7-9-20/h2-9H,10-16H2,1H3,(H,24,28)(H,25,29). The molecule has 6 nitrogen and oxygen atoms in total. The van der Waals surface area contributed by atoms with Gasteiger partial charge in [-0.3, -0.25) is 14.5 Å². The molecule has 0 aromatic heterocycles. The van der Waals surface area contributed by atoms with Gasteiger partial charge in [-0.25, -0.2) is 4.39 Å². The number of carbonyl (C=O) groups excluding carboxylic acids is 2. The van der Waals surface area contributed by atoms with Crippen molar-refractivity contribution in [2.45, 2.75) is 13.5 Å². The summed E-state index contributed by atoms with van der Waals surface area (Å²) in [4.78, 5) is 28.3. The molecule has 2 amide bonds. The minimum Gasteiger partial charge on any atom is -0.369 e. The Bertz CT molecular complexity index is 816. The van der Waals surface area contributed by atoms with Crippen molar-refractivity contribution >= 4 is 17.5 Å². The van der Waals surface area contributed by atoms with Gasteiger partial charge in [0.25, 0.3) is 0 Å². The van der Waals surface area contributed by atoms with Crippen molar-refractivity contribution in [1.29, 1.82) is 0 Å². The molecule has 0 saturated carbocycles. The van der Waals surface area contributed by atoms with Gasteiger partial charge in [-0.15, -0.1) is 0 Å². The lowest BCUT2D eigenvalue weighted by molar-refractivity contribution is -0.139. The Labute approximate surface area is 170 Å². The zero-order chi connectivity index (χ0) is 20.6. The molecule has 1 aliphatic heterocycles. The molecule has 0 aliphatic carbocycles. The molecule has 0 unspecified atom stereocenters. The average molecular weight is 398 g/mol. The van der Waals surface area contributed by atoms with Crippen LogP contribution in [0.2, 0.25) is 0 Å². The topological polar surface area (TPSA) is 64.7 Å². The number of piperazine rings is 1. The highest BCUT2D eigenvalue weighted by Gasteiger charge is 2.18. The molecule has 1 aliphatic rings. The first-order chi connectivity index (χ1) is 14.0. The number of carbonyl (C=O) groups is 2. The third kappa shape index (κ3) is 6.29. The molecule has 0 spiro atoms. The summed E-state index contributed by atoms with van der Waals surface area (Å²) < 4.78 is 13.0. The number of rotatable bonds is 6. The molecule has 2 aromatic rings. The number of nitrogens with zero attached hydrogens (tertiary/aromatic N) is 2. The van der Waals surface area contributed by atoms with Crippen molar-refractivity contribution in [2.75, 3.05) is 44.2 Å². The van der Waals surface area contributed by atoms with Crippen molar-refractivity contribution in [3.8, 4) is 0 Å². The van der Waals surface area contributed by atoms with E-state index in [9.17, 15) is 14.0 Å². The van der Waals surface area contributed by atoms with Gasteiger partial charge in [0.15, 0.2) is 0 Å². The van der Waals surface area contributed by atoms with E-state index < -0.39 is 11.8 Å². The second-order valence-corrected chi connectivity index (χ2v) is 7.23. The number of nitrogens with one attached hydrogen (secondary N) is 2. The summed E-state index contributed by atoms with van der Waals surface area (Å²) in [6.07, 6.45) is 0. The van der Waals surface area contributed by atoms with E-state index >= 15 is 0 Å². The molecule has 29 heavy (non-hydrogen) atoms. The number of anilines is 1. The smallest absolute Gasteiger partial charge is 0.309 e. The van der Waals surface area contributed by atoms with E-state index in [4.69, 9.17) is 0 Å². The highest BCUT2D eigenvalue weighted by Crippen LogP contribution is 2.16. The van der Waals surface area contributed by atoms with Gasteiger partial charge in [0.1, 0.15) is 5.82 Å². The Kier molecular flexibility index (Phi) is 7.19. The molecule has 1 fully saturated rings. The Hall–Kier alpha value is -2.93. The molecule has 154 valence electrons. The van der Waals surface area contributed by atoms with Crippen molar-refractivity contribution in [1.82, 2.24) is 15.5 Å². The molecule has 3 rings (SSSR count). The van der Waals surface area contributed by atoms with Crippen LogP contribution < -0.4 is 15.5 Å². The van der Waals surface area contributed by atoms with E-state index in [1.807, 2.05) is 31.2 Å². The van der Waals surface area contributed by atoms with Crippen LogP contribution in [0, 0.1) is 12.7 Å². The predicted octanol–water partition coefficient (Wildman–Crippen LogP) is 1.69. The quantitative estimate of drug-likeness (QED) is 0.727. The number of aryl methyl sites for hydroxylation is 1. The van der Waals surface area contributed by atoms with Crippen LogP contribution in [0.3, 0.4) is 0 Å². The second kappa shape index (κ2) is 10.0. The van der Waals surface area contributed by atoms with Crippen LogP contribution in [0.1, 0.15) is 11.1 Å². The van der Waals surface area contributed by atoms with Crippen LogP contribution >= 0.6 is 0 Å². The molecule has 0 atom stereocenters. The van der Waals surface area contributed by atoms with E-state index in [2.05, 4.69) is 20.4 Å². The van der Waals surface area contributed by atoms with E-state index in [0.29, 0.717) is 19.6 Å². The third-order valence-electron chi connectivity index (χ3n) is 5.06. The molecule has 0 radical (unpaired) electrons. The SMILES string of the molecule is Cc1ccc(CNC(=O)C(=O)NCCN2CCN(c3ccc(F)cc3)CC2)cc1. The first-order valence-electron chi connectivity index (χ1n) is 9.86. The van der Waals surface area contributed by atoms with E-state index in [1.165, 1.54) is 12.1 Å². The summed E-state index contributed by atoms with van der Waals surface area (Å²) in [5.74, 6) is -1.46. The predicted molar refractivity (Wildman–Crippen MR) is 111 cm³/mol. The minimum atomic E-state index is -0.619. The highest BCUT2D eigenvalue weighted by atomic mass is 19.1. The van der Waals surface area contributed by atoms with E-state index in [-0.39, 0.29) is 5.82 Å². The fourth-order valence-electron chi connectivity index (χ4n) is 3.26. The van der Waals surface area contributed by atoms with Gasteiger partial charge >= 0.3 is 11.8 Å². The summed E-state index contributed by atoms with van der Waals surface area (Å²) in [5.41, 5.74) is 3.12. The van der Waals surface area contributed by atoms with Crippen molar-refractivity contribution in [2.24, 2.45) is 0 Å². The Morgan fingerprint density at radius 1 is 0.897 bits per heavy atom. The molecule has 1 heterocycles. The Balaban J connectivity index is 1.32. The van der Waals surface area contributed by atoms with Gasteiger partial charge in [-0.05, 0) is 36.8 Å². The maximum Gasteiger partial charge on any atom is 0.309 e. The Morgan fingerprint density at radius 3 is 2.17 bits per heavy atom. The van der Waals surface area contributed by atoms with Crippen molar-refractivity contribution < 1.29 is 14.0 Å². The summed E-state index contributed by atoms with van der Waals surface area (Å²) in [6.45, 7) is 6.84. The van der Waals surface area contributed by atoms with Crippen LogP contribution in [-0.2, 0) is 16.1 Å². The maximum atomic E-state index is 13.0. The number of hydrogen-bond donors (Lipinski definition) is 2. The second-order valence-electron chi connectivity index (χ2n) is 7.23. The lowest BCUT2D eigenvalue weighted by Gasteiger charge is -2.36. The highest BCUT2D eigenvalue weighted by molar-refractivity contribution is 6.35. The maximum absolute atomic E-state index is 13.0. The fraction of sp³-hybridized carbons (Fsp3) is 0.364. The first-order valence-corrected chi connectivity index (χ1v) is 9.86. The number of hydrogen-bond acceptors (Lipinski definition) is 4. The normalized spacial score (nSPS) is 14.5. The fourth-order valence-corrected chi connectivity index (χ4v) is 3.26. The summed E-state index contributed by atoms with van der Waals surface area (Å²) >= 11 is 0. The van der Waals surface area contributed by atoms with E-state index in [1.54, 1.807) is 12.1 Å². The zero-order valence-electron chi connectivity index (χ0n) is 16.7. The van der Waals surface area contributed by atoms with Crippen LogP contribution in [0.15, 0.2) is 48.5 Å². The van der Waals surface area contributed by atoms with Crippen LogP contribution in [0.4, 0.5) is 10.1 Å². The number of halogens is 1. The lowest BCUT2D eigenvalue weighted by atomic mass is 10.1. The number of benzene rings is 2.